The zero-order valence-corrected chi connectivity index (χ0v) is 15.5. The molecule has 0 aliphatic carbocycles. The number of amides is 2. The van der Waals surface area contributed by atoms with Crippen LogP contribution >= 0.6 is 0 Å². The Kier molecular flexibility index (Phi) is 5.58. The maximum absolute atomic E-state index is 13.4. The normalized spacial score (nSPS) is 19.0. The molecule has 27 heavy (non-hydrogen) atoms. The largest absolute Gasteiger partial charge is 0.338 e. The van der Waals surface area contributed by atoms with Gasteiger partial charge in [0.15, 0.2) is 0 Å². The van der Waals surface area contributed by atoms with Crippen LogP contribution in [0.3, 0.4) is 0 Å². The molecular formula is C20H24F2N2O3. The van der Waals surface area contributed by atoms with Crippen molar-refractivity contribution in [1.29, 1.82) is 0 Å². The zero-order chi connectivity index (χ0) is 19.6. The van der Waals surface area contributed by atoms with E-state index in [-0.39, 0.29) is 30.1 Å². The predicted octanol–water partition coefficient (Wildman–Crippen LogP) is 2.68. The number of carbonyl (C=O) groups is 3. The number of hydrogen-bond donors (Lipinski definition) is 0. The van der Waals surface area contributed by atoms with Gasteiger partial charge < -0.3 is 9.80 Å². The molecule has 2 fully saturated rings. The molecule has 0 bridgehead atoms. The Morgan fingerprint density at radius 2 is 1.74 bits per heavy atom. The first-order valence-corrected chi connectivity index (χ1v) is 9.37. The van der Waals surface area contributed by atoms with Crippen molar-refractivity contribution in [3.63, 3.8) is 0 Å². The van der Waals surface area contributed by atoms with Crippen molar-refractivity contribution >= 4 is 17.6 Å². The van der Waals surface area contributed by atoms with Crippen molar-refractivity contribution in [3.8, 4) is 0 Å². The molecule has 2 heterocycles. The fourth-order valence-electron chi connectivity index (χ4n) is 4.08. The van der Waals surface area contributed by atoms with Crippen molar-refractivity contribution in [2.45, 2.75) is 45.6 Å². The second kappa shape index (κ2) is 7.74. The molecule has 7 heteroatoms. The van der Waals surface area contributed by atoms with Gasteiger partial charge in [-0.1, -0.05) is 6.92 Å². The van der Waals surface area contributed by atoms with E-state index >= 15 is 0 Å². The molecule has 0 saturated carbocycles. The van der Waals surface area contributed by atoms with Crippen molar-refractivity contribution in [3.05, 3.63) is 35.4 Å². The van der Waals surface area contributed by atoms with Gasteiger partial charge >= 0.3 is 0 Å². The number of halogens is 2. The average molecular weight is 378 g/mol. The van der Waals surface area contributed by atoms with Crippen molar-refractivity contribution < 1.29 is 23.2 Å². The van der Waals surface area contributed by atoms with E-state index in [9.17, 15) is 23.2 Å². The standard InChI is InChI=1S/C20H24F2N2O3/c1-2-3-17(25)19(27)23-6-4-20(5-7-23)11-18(26)24(13-20)12-14-8-15(21)10-16(22)9-14/h8-10H,2-7,11-13H2,1H3. The van der Waals surface area contributed by atoms with E-state index < -0.39 is 17.5 Å². The van der Waals surface area contributed by atoms with E-state index in [4.69, 9.17) is 0 Å². The highest BCUT2D eigenvalue weighted by atomic mass is 19.1. The molecular weight excluding hydrogens is 354 g/mol. The first-order chi connectivity index (χ1) is 12.8. The van der Waals surface area contributed by atoms with Crippen molar-refractivity contribution in [1.82, 2.24) is 9.80 Å². The van der Waals surface area contributed by atoms with Crippen LogP contribution in [0.2, 0.25) is 0 Å². The lowest BCUT2D eigenvalue weighted by molar-refractivity contribution is -0.146. The molecule has 1 spiro atoms. The van der Waals surface area contributed by atoms with Gasteiger partial charge in [-0.3, -0.25) is 14.4 Å². The van der Waals surface area contributed by atoms with Crippen LogP contribution in [-0.4, -0.2) is 47.0 Å². The van der Waals surface area contributed by atoms with Gasteiger partial charge in [0.05, 0.1) is 0 Å². The number of benzene rings is 1. The van der Waals surface area contributed by atoms with Crippen LogP contribution in [-0.2, 0) is 20.9 Å². The quantitative estimate of drug-likeness (QED) is 0.741. The highest BCUT2D eigenvalue weighted by Crippen LogP contribution is 2.41. The summed E-state index contributed by atoms with van der Waals surface area (Å²) in [7, 11) is 0. The van der Waals surface area contributed by atoms with Gasteiger partial charge in [-0.15, -0.1) is 0 Å². The van der Waals surface area contributed by atoms with Crippen LogP contribution in [0.15, 0.2) is 18.2 Å². The van der Waals surface area contributed by atoms with E-state index in [1.54, 1.807) is 9.80 Å². The monoisotopic (exact) mass is 378 g/mol. The Bertz CT molecular complexity index is 737. The highest BCUT2D eigenvalue weighted by Gasteiger charge is 2.45. The number of likely N-dealkylation sites (tertiary alicyclic amines) is 2. The van der Waals surface area contributed by atoms with Crippen LogP contribution in [0.1, 0.15) is 44.6 Å². The number of hydrogen-bond acceptors (Lipinski definition) is 3. The molecule has 2 amide bonds. The number of rotatable bonds is 5. The average Bonchev–Trinajstić information content (AvgIpc) is 2.89. The summed E-state index contributed by atoms with van der Waals surface area (Å²) in [6.07, 6.45) is 2.58. The molecule has 2 aliphatic rings. The van der Waals surface area contributed by atoms with E-state index in [1.165, 1.54) is 12.1 Å². The predicted molar refractivity (Wildman–Crippen MR) is 94.6 cm³/mol. The van der Waals surface area contributed by atoms with Gasteiger partial charge in [0.25, 0.3) is 5.91 Å². The second-order valence-electron chi connectivity index (χ2n) is 7.67. The lowest BCUT2D eigenvalue weighted by Crippen LogP contribution is -2.46. The minimum Gasteiger partial charge on any atom is -0.338 e. The third-order valence-corrected chi connectivity index (χ3v) is 5.53. The Balaban J connectivity index is 1.60. The molecule has 3 rings (SSSR count). The summed E-state index contributed by atoms with van der Waals surface area (Å²) in [5.74, 6) is -2.14. The Morgan fingerprint density at radius 3 is 2.33 bits per heavy atom. The molecule has 2 saturated heterocycles. The summed E-state index contributed by atoms with van der Waals surface area (Å²) < 4.78 is 26.8. The first-order valence-electron chi connectivity index (χ1n) is 9.37. The molecule has 0 aromatic heterocycles. The number of carbonyl (C=O) groups excluding carboxylic acids is 3. The number of ketones is 1. The van der Waals surface area contributed by atoms with Crippen LogP contribution in [0.5, 0.6) is 0 Å². The summed E-state index contributed by atoms with van der Waals surface area (Å²) in [6.45, 7) is 3.47. The Labute approximate surface area is 157 Å². The maximum atomic E-state index is 13.4. The van der Waals surface area contributed by atoms with E-state index in [0.29, 0.717) is 50.9 Å². The van der Waals surface area contributed by atoms with Crippen LogP contribution in [0.25, 0.3) is 0 Å². The van der Waals surface area contributed by atoms with Gasteiger partial charge in [0, 0.05) is 50.5 Å². The van der Waals surface area contributed by atoms with Gasteiger partial charge in [0.1, 0.15) is 11.6 Å². The fraction of sp³-hybridized carbons (Fsp3) is 0.550. The lowest BCUT2D eigenvalue weighted by Gasteiger charge is -2.38. The minimum atomic E-state index is -0.657. The number of piperidine rings is 1. The maximum Gasteiger partial charge on any atom is 0.289 e. The third-order valence-electron chi connectivity index (χ3n) is 5.53. The first kappa shape index (κ1) is 19.5. The Morgan fingerprint density at radius 1 is 1.11 bits per heavy atom. The van der Waals surface area contributed by atoms with Gasteiger partial charge in [-0.05, 0) is 37.0 Å². The molecule has 5 nitrogen and oxygen atoms in total. The molecule has 1 aromatic carbocycles. The molecule has 2 aliphatic heterocycles. The molecule has 0 N–H and O–H groups in total. The highest BCUT2D eigenvalue weighted by molar-refractivity contribution is 6.36. The summed E-state index contributed by atoms with van der Waals surface area (Å²) in [4.78, 5) is 39.6. The second-order valence-corrected chi connectivity index (χ2v) is 7.67. The number of Topliss-reactive ketones (excluding diaryl/α,β-unsaturated/α-hetero) is 1. The molecule has 0 radical (unpaired) electrons. The van der Waals surface area contributed by atoms with Crippen molar-refractivity contribution in [2.75, 3.05) is 19.6 Å². The van der Waals surface area contributed by atoms with Crippen molar-refractivity contribution in [2.24, 2.45) is 5.41 Å². The summed E-state index contributed by atoms with van der Waals surface area (Å²) in [6, 6.07) is 3.29. The van der Waals surface area contributed by atoms with Crippen LogP contribution in [0, 0.1) is 17.0 Å². The van der Waals surface area contributed by atoms with E-state index in [2.05, 4.69) is 0 Å². The van der Waals surface area contributed by atoms with E-state index in [0.717, 1.165) is 6.07 Å². The van der Waals surface area contributed by atoms with Gasteiger partial charge in [-0.25, -0.2) is 8.78 Å². The topological polar surface area (TPSA) is 57.7 Å². The van der Waals surface area contributed by atoms with Crippen LogP contribution < -0.4 is 0 Å². The SMILES string of the molecule is CCCC(=O)C(=O)N1CCC2(CC1)CC(=O)N(Cc1cc(F)cc(F)c1)C2. The molecule has 1 aromatic rings. The van der Waals surface area contributed by atoms with Gasteiger partial charge in [-0.2, -0.15) is 0 Å². The molecule has 146 valence electrons. The number of nitrogens with zero attached hydrogens (tertiary/aromatic N) is 2. The summed E-state index contributed by atoms with van der Waals surface area (Å²) in [5.41, 5.74) is 0.198. The molecule has 0 atom stereocenters. The minimum absolute atomic E-state index is 0.0403. The zero-order valence-electron chi connectivity index (χ0n) is 15.5. The smallest absolute Gasteiger partial charge is 0.289 e. The molecule has 0 unspecified atom stereocenters. The van der Waals surface area contributed by atoms with Gasteiger partial charge in [0.2, 0.25) is 11.7 Å². The van der Waals surface area contributed by atoms with E-state index in [1.807, 2.05) is 6.92 Å². The van der Waals surface area contributed by atoms with Crippen LogP contribution in [0.4, 0.5) is 8.78 Å². The summed E-state index contributed by atoms with van der Waals surface area (Å²) >= 11 is 0. The fourth-order valence-corrected chi connectivity index (χ4v) is 4.08. The Hall–Kier alpha value is -2.31. The summed E-state index contributed by atoms with van der Waals surface area (Å²) in [5, 5.41) is 0. The third kappa shape index (κ3) is 4.34. The lowest BCUT2D eigenvalue weighted by atomic mass is 9.77.